The van der Waals surface area contributed by atoms with E-state index in [2.05, 4.69) is 20.1 Å². The molecule has 8 nitrogen and oxygen atoms in total. The Morgan fingerprint density at radius 1 is 1.41 bits per heavy atom. The van der Waals surface area contributed by atoms with Gasteiger partial charge < -0.3 is 19.5 Å². The van der Waals surface area contributed by atoms with Crippen LogP contribution in [-0.2, 0) is 9.53 Å². The zero-order valence-electron chi connectivity index (χ0n) is 15.4. The van der Waals surface area contributed by atoms with Crippen LogP contribution in [0.4, 0.5) is 18.3 Å². The van der Waals surface area contributed by atoms with E-state index in [1.165, 1.54) is 0 Å². The molecule has 2 fully saturated rings. The summed E-state index contributed by atoms with van der Waals surface area (Å²) in [5.41, 5.74) is 0. The highest BCUT2D eigenvalue weighted by molar-refractivity contribution is 7.15. The minimum absolute atomic E-state index is 0.00120. The molecule has 2 saturated heterocycles. The first-order valence-corrected chi connectivity index (χ1v) is 9.62. The third-order valence-corrected chi connectivity index (χ3v) is 5.28. The summed E-state index contributed by atoms with van der Waals surface area (Å²) in [6, 6.07) is 4.14. The number of hydrogen-bond acceptors (Lipinski definition) is 8. The number of anilines is 1. The van der Waals surface area contributed by atoms with Gasteiger partial charge in [-0.15, -0.1) is 10.2 Å². The van der Waals surface area contributed by atoms with Gasteiger partial charge in [-0.05, 0) is 31.9 Å². The fourth-order valence-electron chi connectivity index (χ4n) is 3.23. The van der Waals surface area contributed by atoms with E-state index in [-0.39, 0.29) is 12.2 Å². The molecule has 4 rings (SSSR count). The number of alkyl halides is 3. The standard InChI is InChI=1S/C15H18N4O2S.C2HF3O2/c1-10-17-18-15(22-10)19-9-13(14-12(19)5-3-7-20-14)21-11-4-2-6-16-8-11;3-2(4,5)1(6)7/h2,4,6,8,12-14H,3,5,7,9H2,1H3;(H,6,7)/t12-,13-,14+;/m1./s1. The largest absolute Gasteiger partial charge is 0.490 e. The Bertz CT molecular complexity index is 821. The molecule has 2 aromatic heterocycles. The lowest BCUT2D eigenvalue weighted by molar-refractivity contribution is -0.192. The molecule has 0 unspecified atom stereocenters. The second-order valence-electron chi connectivity index (χ2n) is 6.45. The number of carboxylic acids is 1. The van der Waals surface area contributed by atoms with Gasteiger partial charge in [0.1, 0.15) is 23.0 Å². The van der Waals surface area contributed by atoms with E-state index < -0.39 is 12.1 Å². The van der Waals surface area contributed by atoms with Gasteiger partial charge >= 0.3 is 12.1 Å². The minimum Gasteiger partial charge on any atom is -0.484 e. The Labute approximate surface area is 168 Å². The second kappa shape index (κ2) is 8.91. The molecule has 0 amide bonds. The molecular weight excluding hydrogens is 413 g/mol. The number of carbonyl (C=O) groups is 1. The number of aryl methyl sites for hydroxylation is 1. The maximum atomic E-state index is 10.6. The number of pyridine rings is 1. The predicted molar refractivity (Wildman–Crippen MR) is 97.1 cm³/mol. The topological polar surface area (TPSA) is 97.7 Å². The van der Waals surface area contributed by atoms with Crippen LogP contribution in [0, 0.1) is 6.92 Å². The number of aromatic nitrogens is 3. The lowest BCUT2D eigenvalue weighted by Crippen LogP contribution is -2.42. The summed E-state index contributed by atoms with van der Waals surface area (Å²) in [7, 11) is 0. The van der Waals surface area contributed by atoms with Gasteiger partial charge in [-0.1, -0.05) is 11.3 Å². The molecule has 0 aromatic carbocycles. The molecule has 2 aromatic rings. The van der Waals surface area contributed by atoms with Crippen LogP contribution >= 0.6 is 11.3 Å². The van der Waals surface area contributed by atoms with E-state index in [0.717, 1.165) is 41.9 Å². The Kier molecular flexibility index (Phi) is 6.52. The zero-order chi connectivity index (χ0) is 21.0. The molecule has 2 aliphatic heterocycles. The first-order valence-electron chi connectivity index (χ1n) is 8.81. The van der Waals surface area contributed by atoms with E-state index in [1.54, 1.807) is 23.7 Å². The van der Waals surface area contributed by atoms with Gasteiger partial charge in [0.05, 0.1) is 18.8 Å². The summed E-state index contributed by atoms with van der Waals surface area (Å²) in [6.45, 7) is 3.56. The van der Waals surface area contributed by atoms with Gasteiger partial charge in [0, 0.05) is 12.8 Å². The number of fused-ring (bicyclic) bond motifs is 1. The van der Waals surface area contributed by atoms with E-state index in [0.29, 0.717) is 6.04 Å². The van der Waals surface area contributed by atoms with Crippen molar-refractivity contribution >= 4 is 22.4 Å². The van der Waals surface area contributed by atoms with Crippen molar-refractivity contribution in [2.75, 3.05) is 18.1 Å². The molecule has 4 heterocycles. The molecule has 0 saturated carbocycles. The molecule has 0 aliphatic carbocycles. The number of aliphatic carboxylic acids is 1. The van der Waals surface area contributed by atoms with Crippen LogP contribution in [0.1, 0.15) is 17.8 Å². The highest BCUT2D eigenvalue weighted by atomic mass is 32.1. The summed E-state index contributed by atoms with van der Waals surface area (Å²) in [5, 5.41) is 17.5. The number of ether oxygens (including phenoxy) is 2. The van der Waals surface area contributed by atoms with Gasteiger partial charge in [0.2, 0.25) is 5.13 Å². The fourth-order valence-corrected chi connectivity index (χ4v) is 3.98. The molecule has 12 heteroatoms. The van der Waals surface area contributed by atoms with Crippen molar-refractivity contribution in [1.82, 2.24) is 15.2 Å². The van der Waals surface area contributed by atoms with Crippen LogP contribution < -0.4 is 9.64 Å². The van der Waals surface area contributed by atoms with Crippen LogP contribution in [0.15, 0.2) is 24.5 Å². The first kappa shape index (κ1) is 21.2. The normalized spacial score (nSPS) is 23.7. The molecule has 158 valence electrons. The third kappa shape index (κ3) is 5.32. The predicted octanol–water partition coefficient (Wildman–Crippen LogP) is 2.69. The molecule has 29 heavy (non-hydrogen) atoms. The van der Waals surface area contributed by atoms with Crippen molar-refractivity contribution < 1.29 is 32.5 Å². The van der Waals surface area contributed by atoms with Crippen LogP contribution in [0.25, 0.3) is 0 Å². The number of hydrogen-bond donors (Lipinski definition) is 1. The van der Waals surface area contributed by atoms with Gasteiger partial charge in [-0.3, -0.25) is 4.98 Å². The first-order chi connectivity index (χ1) is 13.8. The molecule has 2 aliphatic rings. The van der Waals surface area contributed by atoms with Crippen LogP contribution in [-0.4, -0.2) is 63.8 Å². The summed E-state index contributed by atoms with van der Waals surface area (Å²) in [4.78, 5) is 15.3. The minimum atomic E-state index is -5.08. The molecular formula is C17H19F3N4O4S. The Hall–Kier alpha value is -2.47. The smallest absolute Gasteiger partial charge is 0.484 e. The SMILES string of the molecule is Cc1nnc(N2C[C@@H](Oc3cccnc3)[C@H]3OCCC[C@H]32)s1.O=C(O)C(F)(F)F. The molecule has 1 N–H and O–H groups in total. The third-order valence-electron chi connectivity index (χ3n) is 4.40. The lowest BCUT2D eigenvalue weighted by Gasteiger charge is -2.31. The van der Waals surface area contributed by atoms with Crippen LogP contribution in [0.5, 0.6) is 5.75 Å². The highest BCUT2D eigenvalue weighted by Crippen LogP contribution is 2.36. The number of halogens is 3. The number of carboxylic acid groups (broad SMARTS) is 1. The van der Waals surface area contributed by atoms with Crippen LogP contribution in [0.2, 0.25) is 0 Å². The monoisotopic (exact) mass is 432 g/mol. The van der Waals surface area contributed by atoms with E-state index >= 15 is 0 Å². The number of rotatable bonds is 3. The maximum absolute atomic E-state index is 10.6. The van der Waals surface area contributed by atoms with Crippen LogP contribution in [0.3, 0.4) is 0 Å². The van der Waals surface area contributed by atoms with Gasteiger partial charge in [0.15, 0.2) is 0 Å². The molecule has 0 spiro atoms. The van der Waals surface area contributed by atoms with Gasteiger partial charge in [-0.25, -0.2) is 4.79 Å². The Morgan fingerprint density at radius 3 is 2.76 bits per heavy atom. The quantitative estimate of drug-likeness (QED) is 0.791. The molecule has 0 radical (unpaired) electrons. The van der Waals surface area contributed by atoms with Gasteiger partial charge in [0.25, 0.3) is 0 Å². The average molecular weight is 432 g/mol. The molecule has 0 bridgehead atoms. The van der Waals surface area contributed by atoms with Crippen molar-refractivity contribution in [3.05, 3.63) is 29.5 Å². The number of nitrogens with zero attached hydrogens (tertiary/aromatic N) is 4. The Balaban J connectivity index is 0.000000298. The Morgan fingerprint density at radius 2 is 2.17 bits per heavy atom. The fraction of sp³-hybridized carbons (Fsp3) is 0.529. The second-order valence-corrected chi connectivity index (χ2v) is 7.61. The van der Waals surface area contributed by atoms with Crippen molar-refractivity contribution in [3.8, 4) is 5.75 Å². The maximum Gasteiger partial charge on any atom is 0.490 e. The van der Waals surface area contributed by atoms with Gasteiger partial charge in [-0.2, -0.15) is 13.2 Å². The van der Waals surface area contributed by atoms with Crippen molar-refractivity contribution in [2.45, 2.75) is 44.2 Å². The van der Waals surface area contributed by atoms with E-state index in [9.17, 15) is 13.2 Å². The average Bonchev–Trinajstić information content (AvgIpc) is 3.26. The van der Waals surface area contributed by atoms with Crippen molar-refractivity contribution in [2.24, 2.45) is 0 Å². The summed E-state index contributed by atoms with van der Waals surface area (Å²) < 4.78 is 43.9. The zero-order valence-corrected chi connectivity index (χ0v) is 16.2. The van der Waals surface area contributed by atoms with E-state index in [4.69, 9.17) is 19.4 Å². The highest BCUT2D eigenvalue weighted by Gasteiger charge is 2.46. The summed E-state index contributed by atoms with van der Waals surface area (Å²) >= 11 is 1.63. The summed E-state index contributed by atoms with van der Waals surface area (Å²) in [5.74, 6) is -1.97. The van der Waals surface area contributed by atoms with Crippen molar-refractivity contribution in [3.63, 3.8) is 0 Å². The lowest BCUT2D eigenvalue weighted by atomic mass is 10.0. The summed E-state index contributed by atoms with van der Waals surface area (Å²) in [6.07, 6.45) is 0.676. The van der Waals surface area contributed by atoms with E-state index in [1.807, 2.05) is 19.1 Å². The van der Waals surface area contributed by atoms with Crippen molar-refractivity contribution in [1.29, 1.82) is 0 Å². The molecule has 3 atom stereocenters.